The van der Waals surface area contributed by atoms with Gasteiger partial charge in [-0.25, -0.2) is 0 Å². The second-order valence-corrected chi connectivity index (χ2v) is 9.13. The lowest BCUT2D eigenvalue weighted by atomic mass is 9.87. The fourth-order valence-electron chi connectivity index (χ4n) is 3.01. The molecule has 2 aromatic carbocycles. The van der Waals surface area contributed by atoms with E-state index in [-0.39, 0.29) is 5.41 Å². The summed E-state index contributed by atoms with van der Waals surface area (Å²) < 4.78 is 5.51. The third-order valence-corrected chi connectivity index (χ3v) is 5.45. The minimum Gasteiger partial charge on any atom is -0.382 e. The van der Waals surface area contributed by atoms with Gasteiger partial charge in [-0.15, -0.1) is 0 Å². The standard InChI is InChI=1S/C24H33ClN2OS/c1-6-28-15-7-14-27(17-19-9-11-20(12-10-19)24(3,4)5)23(29)26-22-16-18(2)8-13-21(22)25/h8-13,16H,6-7,14-15,17H2,1-5H3,(H,26,29). The molecule has 0 bridgehead atoms. The summed E-state index contributed by atoms with van der Waals surface area (Å²) in [7, 11) is 0. The number of hydrogen-bond acceptors (Lipinski definition) is 2. The van der Waals surface area contributed by atoms with Crippen molar-refractivity contribution in [2.24, 2.45) is 0 Å². The number of nitrogens with one attached hydrogen (secondary N) is 1. The molecule has 0 heterocycles. The molecule has 0 atom stereocenters. The van der Waals surface area contributed by atoms with Gasteiger partial charge in [0.25, 0.3) is 0 Å². The number of aryl methyl sites for hydroxylation is 1. The van der Waals surface area contributed by atoms with Crippen LogP contribution in [0.15, 0.2) is 42.5 Å². The van der Waals surface area contributed by atoms with Gasteiger partial charge in [0.1, 0.15) is 0 Å². The van der Waals surface area contributed by atoms with E-state index in [0.29, 0.717) is 10.1 Å². The molecular formula is C24H33ClN2OS. The number of rotatable bonds is 8. The Balaban J connectivity index is 2.12. The second kappa shape index (κ2) is 11.0. The predicted octanol–water partition coefficient (Wildman–Crippen LogP) is 6.57. The Kier molecular flexibility index (Phi) is 8.94. The summed E-state index contributed by atoms with van der Waals surface area (Å²) in [6, 6.07) is 14.7. The largest absolute Gasteiger partial charge is 0.382 e. The van der Waals surface area contributed by atoms with Crippen LogP contribution >= 0.6 is 23.8 Å². The molecule has 0 aromatic heterocycles. The summed E-state index contributed by atoms with van der Waals surface area (Å²) in [4.78, 5) is 2.18. The first-order chi connectivity index (χ1) is 13.7. The number of ether oxygens (including phenoxy) is 1. The van der Waals surface area contributed by atoms with Gasteiger partial charge in [-0.1, -0.05) is 62.7 Å². The highest BCUT2D eigenvalue weighted by molar-refractivity contribution is 7.80. The molecule has 0 spiro atoms. The smallest absolute Gasteiger partial charge is 0.173 e. The third kappa shape index (κ3) is 7.61. The number of nitrogens with zero attached hydrogens (tertiary/aromatic N) is 1. The Labute approximate surface area is 186 Å². The zero-order valence-corrected chi connectivity index (χ0v) is 19.8. The average Bonchev–Trinajstić information content (AvgIpc) is 2.66. The summed E-state index contributed by atoms with van der Waals surface area (Å²) >= 11 is 12.1. The van der Waals surface area contributed by atoms with Crippen LogP contribution in [-0.2, 0) is 16.7 Å². The molecule has 0 aliphatic carbocycles. The van der Waals surface area contributed by atoms with Crippen LogP contribution in [0.2, 0.25) is 5.02 Å². The Morgan fingerprint density at radius 3 is 2.45 bits per heavy atom. The normalized spacial score (nSPS) is 11.4. The minimum atomic E-state index is 0.147. The zero-order chi connectivity index (χ0) is 21.4. The SMILES string of the molecule is CCOCCCN(Cc1ccc(C(C)(C)C)cc1)C(=S)Nc1cc(C)ccc1Cl. The fourth-order valence-corrected chi connectivity index (χ4v) is 3.44. The monoisotopic (exact) mass is 432 g/mol. The molecule has 0 amide bonds. The minimum absolute atomic E-state index is 0.147. The molecule has 3 nitrogen and oxygen atoms in total. The lowest BCUT2D eigenvalue weighted by molar-refractivity contribution is 0.139. The van der Waals surface area contributed by atoms with Gasteiger partial charge < -0.3 is 15.0 Å². The Morgan fingerprint density at radius 1 is 1.14 bits per heavy atom. The van der Waals surface area contributed by atoms with Crippen LogP contribution in [-0.4, -0.2) is 29.8 Å². The molecule has 1 N–H and O–H groups in total. The molecule has 0 saturated carbocycles. The van der Waals surface area contributed by atoms with Crippen LogP contribution in [0.25, 0.3) is 0 Å². The van der Waals surface area contributed by atoms with E-state index in [1.54, 1.807) is 0 Å². The van der Waals surface area contributed by atoms with Crippen LogP contribution in [0.3, 0.4) is 0 Å². The Morgan fingerprint density at radius 2 is 1.83 bits per heavy atom. The van der Waals surface area contributed by atoms with E-state index in [1.165, 1.54) is 11.1 Å². The van der Waals surface area contributed by atoms with Crippen molar-refractivity contribution < 1.29 is 4.74 Å². The van der Waals surface area contributed by atoms with E-state index in [0.717, 1.165) is 44.0 Å². The zero-order valence-electron chi connectivity index (χ0n) is 18.2. The van der Waals surface area contributed by atoms with E-state index >= 15 is 0 Å². The first-order valence-corrected chi connectivity index (χ1v) is 11.0. The maximum absolute atomic E-state index is 6.35. The second-order valence-electron chi connectivity index (χ2n) is 8.33. The van der Waals surface area contributed by atoms with Gasteiger partial charge in [-0.3, -0.25) is 0 Å². The van der Waals surface area contributed by atoms with Crippen LogP contribution < -0.4 is 5.32 Å². The molecule has 2 rings (SSSR count). The van der Waals surface area contributed by atoms with Crippen molar-refractivity contribution in [2.75, 3.05) is 25.1 Å². The Bertz CT molecular complexity index is 800. The van der Waals surface area contributed by atoms with E-state index in [1.807, 2.05) is 32.0 Å². The number of halogens is 1. The number of hydrogen-bond donors (Lipinski definition) is 1. The van der Waals surface area contributed by atoms with E-state index < -0.39 is 0 Å². The van der Waals surface area contributed by atoms with Crippen molar-refractivity contribution >= 4 is 34.6 Å². The molecular weight excluding hydrogens is 400 g/mol. The first-order valence-electron chi connectivity index (χ1n) is 10.2. The van der Waals surface area contributed by atoms with Crippen molar-refractivity contribution in [3.05, 3.63) is 64.2 Å². The lowest BCUT2D eigenvalue weighted by Crippen LogP contribution is -2.35. The van der Waals surface area contributed by atoms with Crippen molar-refractivity contribution in [1.82, 2.24) is 4.90 Å². The molecule has 0 saturated heterocycles. The summed E-state index contributed by atoms with van der Waals surface area (Å²) in [5.74, 6) is 0. The topological polar surface area (TPSA) is 24.5 Å². The highest BCUT2D eigenvalue weighted by Crippen LogP contribution is 2.24. The van der Waals surface area contributed by atoms with Crippen LogP contribution in [0.5, 0.6) is 0 Å². The van der Waals surface area contributed by atoms with Gasteiger partial charge in [-0.2, -0.15) is 0 Å². The summed E-state index contributed by atoms with van der Waals surface area (Å²) in [6.45, 7) is 13.8. The highest BCUT2D eigenvalue weighted by atomic mass is 35.5. The average molecular weight is 433 g/mol. The van der Waals surface area contributed by atoms with Gasteiger partial charge in [0.05, 0.1) is 10.7 Å². The molecule has 0 fully saturated rings. The van der Waals surface area contributed by atoms with Gasteiger partial charge in [-0.05, 0) is 66.7 Å². The maximum Gasteiger partial charge on any atom is 0.173 e. The van der Waals surface area contributed by atoms with E-state index in [9.17, 15) is 0 Å². The molecule has 5 heteroatoms. The van der Waals surface area contributed by atoms with E-state index in [2.05, 4.69) is 55.3 Å². The predicted molar refractivity (Wildman–Crippen MR) is 129 cm³/mol. The summed E-state index contributed by atoms with van der Waals surface area (Å²) in [6.07, 6.45) is 0.914. The van der Waals surface area contributed by atoms with E-state index in [4.69, 9.17) is 28.6 Å². The third-order valence-electron chi connectivity index (χ3n) is 4.76. The maximum atomic E-state index is 6.35. The van der Waals surface area contributed by atoms with Crippen LogP contribution in [0.4, 0.5) is 5.69 Å². The quantitative estimate of drug-likeness (QED) is 0.376. The molecule has 158 valence electrons. The first kappa shape index (κ1) is 23.7. The molecule has 0 aliphatic rings. The van der Waals surface area contributed by atoms with Crippen molar-refractivity contribution in [2.45, 2.75) is 53.0 Å². The molecule has 0 radical (unpaired) electrons. The highest BCUT2D eigenvalue weighted by Gasteiger charge is 2.15. The van der Waals surface area contributed by atoms with Gasteiger partial charge in [0.2, 0.25) is 0 Å². The number of thiocarbonyl (C=S) groups is 1. The molecule has 29 heavy (non-hydrogen) atoms. The van der Waals surface area contributed by atoms with Crippen molar-refractivity contribution in [3.8, 4) is 0 Å². The van der Waals surface area contributed by atoms with Gasteiger partial charge >= 0.3 is 0 Å². The number of benzene rings is 2. The van der Waals surface area contributed by atoms with Gasteiger partial charge in [0, 0.05) is 26.3 Å². The molecule has 0 unspecified atom stereocenters. The molecule has 2 aromatic rings. The number of anilines is 1. The Hall–Kier alpha value is -1.62. The fraction of sp³-hybridized carbons (Fsp3) is 0.458. The summed E-state index contributed by atoms with van der Waals surface area (Å²) in [5.41, 5.74) is 4.69. The van der Waals surface area contributed by atoms with Gasteiger partial charge in [0.15, 0.2) is 5.11 Å². The summed E-state index contributed by atoms with van der Waals surface area (Å²) in [5, 5.41) is 4.68. The molecule has 0 aliphatic heterocycles. The van der Waals surface area contributed by atoms with Crippen molar-refractivity contribution in [1.29, 1.82) is 0 Å². The van der Waals surface area contributed by atoms with Crippen LogP contribution in [0, 0.1) is 6.92 Å². The van der Waals surface area contributed by atoms with Crippen LogP contribution in [0.1, 0.15) is 50.8 Å². The van der Waals surface area contributed by atoms with Crippen molar-refractivity contribution in [3.63, 3.8) is 0 Å². The lowest BCUT2D eigenvalue weighted by Gasteiger charge is -2.27.